The summed E-state index contributed by atoms with van der Waals surface area (Å²) >= 11 is 1.24. The SMILES string of the molecule is CC[NH+](CC)CCn1c(S[C@@H](C)C(N)=O)nc2ccccc2c1=O. The second-order valence-electron chi connectivity index (χ2n) is 5.74. The molecule has 0 fully saturated rings. The van der Waals surface area contributed by atoms with E-state index in [1.54, 1.807) is 17.6 Å². The number of hydrogen-bond acceptors (Lipinski definition) is 4. The molecule has 7 heteroatoms. The van der Waals surface area contributed by atoms with Crippen molar-refractivity contribution in [1.29, 1.82) is 0 Å². The molecule has 1 heterocycles. The lowest BCUT2D eigenvalue weighted by molar-refractivity contribution is -0.897. The van der Waals surface area contributed by atoms with Crippen LogP contribution in [-0.4, -0.2) is 40.3 Å². The zero-order chi connectivity index (χ0) is 17.7. The third kappa shape index (κ3) is 4.15. The van der Waals surface area contributed by atoms with E-state index in [2.05, 4.69) is 18.8 Å². The number of para-hydroxylation sites is 1. The van der Waals surface area contributed by atoms with Crippen LogP contribution in [0, 0.1) is 0 Å². The highest BCUT2D eigenvalue weighted by Gasteiger charge is 2.18. The Balaban J connectivity index is 2.45. The van der Waals surface area contributed by atoms with Gasteiger partial charge in [-0.2, -0.15) is 0 Å². The number of carbonyl (C=O) groups is 1. The lowest BCUT2D eigenvalue weighted by Gasteiger charge is -2.18. The van der Waals surface area contributed by atoms with Gasteiger partial charge in [-0.05, 0) is 32.9 Å². The minimum absolute atomic E-state index is 0.0636. The van der Waals surface area contributed by atoms with Crippen LogP contribution >= 0.6 is 11.8 Å². The second kappa shape index (κ2) is 8.30. The zero-order valence-electron chi connectivity index (χ0n) is 14.4. The summed E-state index contributed by atoms with van der Waals surface area (Å²) < 4.78 is 1.68. The number of aromatic nitrogens is 2. The van der Waals surface area contributed by atoms with E-state index in [1.807, 2.05) is 18.2 Å². The fraction of sp³-hybridized carbons (Fsp3) is 0.471. The van der Waals surface area contributed by atoms with Gasteiger partial charge in [0, 0.05) is 0 Å². The number of nitrogens with two attached hydrogens (primary N) is 1. The summed E-state index contributed by atoms with van der Waals surface area (Å²) in [6.07, 6.45) is 0. The number of nitrogens with one attached hydrogen (secondary N) is 1. The van der Waals surface area contributed by atoms with Crippen molar-refractivity contribution in [1.82, 2.24) is 9.55 Å². The molecule has 3 N–H and O–H groups in total. The number of thioether (sulfide) groups is 1. The molecule has 0 radical (unpaired) electrons. The zero-order valence-corrected chi connectivity index (χ0v) is 15.2. The standard InChI is InChI=1S/C17H24N4O2S/c1-4-20(5-2)10-11-21-16(23)13-8-6-7-9-14(13)19-17(21)24-12(3)15(18)22/h6-9,12H,4-5,10-11H2,1-3H3,(H2,18,22)/p+1/t12-/m0/s1. The Hall–Kier alpha value is -1.86. The monoisotopic (exact) mass is 349 g/mol. The van der Waals surface area contributed by atoms with Gasteiger partial charge in [-0.1, -0.05) is 23.9 Å². The normalized spacial score (nSPS) is 12.7. The van der Waals surface area contributed by atoms with Crippen LogP contribution in [0.4, 0.5) is 0 Å². The van der Waals surface area contributed by atoms with Gasteiger partial charge in [0.15, 0.2) is 5.16 Å². The first kappa shape index (κ1) is 18.5. The molecule has 1 aromatic heterocycles. The quantitative estimate of drug-likeness (QED) is 0.530. The number of likely N-dealkylation sites (N-methyl/N-ethyl adjacent to an activating group) is 1. The lowest BCUT2D eigenvalue weighted by Crippen LogP contribution is -3.11. The third-order valence-electron chi connectivity index (χ3n) is 4.20. The van der Waals surface area contributed by atoms with Crippen LogP contribution < -0.4 is 16.2 Å². The van der Waals surface area contributed by atoms with E-state index in [0.717, 1.165) is 19.6 Å². The van der Waals surface area contributed by atoms with E-state index in [9.17, 15) is 9.59 Å². The number of carbonyl (C=O) groups excluding carboxylic acids is 1. The van der Waals surface area contributed by atoms with Crippen LogP contribution in [-0.2, 0) is 11.3 Å². The van der Waals surface area contributed by atoms with Gasteiger partial charge in [0.1, 0.15) is 0 Å². The smallest absolute Gasteiger partial charge is 0.262 e. The van der Waals surface area contributed by atoms with Crippen molar-refractivity contribution >= 4 is 28.6 Å². The molecule has 6 nitrogen and oxygen atoms in total. The summed E-state index contributed by atoms with van der Waals surface area (Å²) in [5.74, 6) is -0.414. The molecular weight excluding hydrogens is 324 g/mol. The van der Waals surface area contributed by atoms with Gasteiger partial charge in [-0.3, -0.25) is 14.2 Å². The predicted molar refractivity (Wildman–Crippen MR) is 97.4 cm³/mol. The molecule has 0 bridgehead atoms. The number of fused-ring (bicyclic) bond motifs is 1. The Morgan fingerprint density at radius 3 is 2.62 bits per heavy atom. The van der Waals surface area contributed by atoms with Gasteiger partial charge in [-0.25, -0.2) is 4.98 Å². The van der Waals surface area contributed by atoms with Gasteiger partial charge in [0.2, 0.25) is 5.91 Å². The molecule has 2 rings (SSSR count). The molecule has 1 aromatic carbocycles. The average Bonchev–Trinajstić information content (AvgIpc) is 2.57. The van der Waals surface area contributed by atoms with Crippen LogP contribution in [0.1, 0.15) is 20.8 Å². The molecule has 0 spiro atoms. The summed E-state index contributed by atoms with van der Waals surface area (Å²) in [6.45, 7) is 9.41. The maximum Gasteiger partial charge on any atom is 0.262 e. The number of primary amides is 1. The molecule has 0 unspecified atom stereocenters. The molecule has 0 aliphatic rings. The van der Waals surface area contributed by atoms with Gasteiger partial charge >= 0.3 is 0 Å². The van der Waals surface area contributed by atoms with Crippen LogP contribution in [0.2, 0.25) is 0 Å². The number of rotatable bonds is 8. The summed E-state index contributed by atoms with van der Waals surface area (Å²) in [6, 6.07) is 7.29. The Morgan fingerprint density at radius 2 is 2.00 bits per heavy atom. The van der Waals surface area contributed by atoms with Crippen LogP contribution in [0.15, 0.2) is 34.2 Å². The Morgan fingerprint density at radius 1 is 1.33 bits per heavy atom. The van der Waals surface area contributed by atoms with Crippen molar-refractivity contribution in [3.05, 3.63) is 34.6 Å². The van der Waals surface area contributed by atoms with Crippen molar-refractivity contribution in [2.75, 3.05) is 19.6 Å². The largest absolute Gasteiger partial charge is 0.369 e. The van der Waals surface area contributed by atoms with Crippen molar-refractivity contribution in [2.24, 2.45) is 5.73 Å². The predicted octanol–water partition coefficient (Wildman–Crippen LogP) is 0.287. The van der Waals surface area contributed by atoms with Gasteiger partial charge in [0.05, 0.1) is 42.3 Å². The maximum atomic E-state index is 12.9. The van der Waals surface area contributed by atoms with Crippen LogP contribution in [0.3, 0.4) is 0 Å². The van der Waals surface area contributed by atoms with E-state index < -0.39 is 11.2 Å². The molecule has 24 heavy (non-hydrogen) atoms. The minimum atomic E-state index is -0.440. The topological polar surface area (TPSA) is 82.4 Å². The molecule has 0 saturated heterocycles. The van der Waals surface area contributed by atoms with Crippen molar-refractivity contribution in [2.45, 2.75) is 37.7 Å². The highest BCUT2D eigenvalue weighted by molar-refractivity contribution is 8.00. The summed E-state index contributed by atoms with van der Waals surface area (Å²) in [7, 11) is 0. The van der Waals surface area contributed by atoms with Gasteiger partial charge < -0.3 is 10.6 Å². The van der Waals surface area contributed by atoms with Crippen LogP contribution in [0.5, 0.6) is 0 Å². The molecule has 0 aliphatic heterocycles. The molecule has 1 amide bonds. The first-order valence-corrected chi connectivity index (χ1v) is 9.15. The summed E-state index contributed by atoms with van der Waals surface area (Å²) in [4.78, 5) is 30.3. The Bertz CT molecular complexity index is 771. The maximum absolute atomic E-state index is 12.9. The Kier molecular flexibility index (Phi) is 6.39. The van der Waals surface area contributed by atoms with Gasteiger partial charge in [0.25, 0.3) is 5.56 Å². The number of hydrogen-bond donors (Lipinski definition) is 2. The number of quaternary nitrogens is 1. The van der Waals surface area contributed by atoms with Crippen molar-refractivity contribution < 1.29 is 9.69 Å². The average molecular weight is 349 g/mol. The lowest BCUT2D eigenvalue weighted by atomic mass is 10.2. The number of nitrogens with zero attached hydrogens (tertiary/aromatic N) is 2. The third-order valence-corrected chi connectivity index (χ3v) is 5.31. The molecule has 2 aromatic rings. The van der Waals surface area contributed by atoms with E-state index in [0.29, 0.717) is 22.6 Å². The fourth-order valence-corrected chi connectivity index (χ4v) is 3.41. The summed E-state index contributed by atoms with van der Waals surface area (Å²) in [5, 5.41) is 0.713. The van der Waals surface area contributed by atoms with Crippen LogP contribution in [0.25, 0.3) is 10.9 Å². The first-order valence-electron chi connectivity index (χ1n) is 8.27. The fourth-order valence-electron chi connectivity index (χ4n) is 2.52. The number of benzene rings is 1. The molecule has 0 saturated carbocycles. The van der Waals surface area contributed by atoms with E-state index in [4.69, 9.17) is 5.73 Å². The molecular formula is C17H25N4O2S+. The second-order valence-corrected chi connectivity index (χ2v) is 7.05. The molecule has 0 aliphatic carbocycles. The van der Waals surface area contributed by atoms with E-state index >= 15 is 0 Å². The molecule has 1 atom stereocenters. The Labute approximate surface area is 146 Å². The van der Waals surface area contributed by atoms with E-state index in [1.165, 1.54) is 16.7 Å². The van der Waals surface area contributed by atoms with E-state index in [-0.39, 0.29) is 5.56 Å². The highest BCUT2D eigenvalue weighted by Crippen LogP contribution is 2.22. The summed E-state index contributed by atoms with van der Waals surface area (Å²) in [5.41, 5.74) is 5.95. The minimum Gasteiger partial charge on any atom is -0.369 e. The van der Waals surface area contributed by atoms with Gasteiger partial charge in [-0.15, -0.1) is 0 Å². The van der Waals surface area contributed by atoms with Crippen molar-refractivity contribution in [3.63, 3.8) is 0 Å². The number of amides is 1. The highest BCUT2D eigenvalue weighted by atomic mass is 32.2. The van der Waals surface area contributed by atoms with Crippen molar-refractivity contribution in [3.8, 4) is 0 Å². The first-order chi connectivity index (χ1) is 11.5. The molecule has 130 valence electrons.